The summed E-state index contributed by atoms with van der Waals surface area (Å²) in [4.78, 5) is 44.7. The molecule has 4 aliphatic rings. The molecule has 3 saturated heterocycles. The summed E-state index contributed by atoms with van der Waals surface area (Å²) in [6.07, 6.45) is 7.54. The van der Waals surface area contributed by atoms with Crippen molar-refractivity contribution >= 4 is 17.8 Å². The lowest BCUT2D eigenvalue weighted by Crippen LogP contribution is -2.61. The maximum Gasteiger partial charge on any atom is 0.327 e. The normalized spacial score (nSPS) is 30.4. The quantitative estimate of drug-likeness (QED) is 0.622. The maximum atomic E-state index is 13.3. The first-order valence-corrected chi connectivity index (χ1v) is 13.0. The van der Waals surface area contributed by atoms with Gasteiger partial charge in [-0.3, -0.25) is 19.4 Å². The second-order valence-electron chi connectivity index (χ2n) is 11.1. The topological polar surface area (TPSA) is 73.0 Å². The number of rotatable bonds is 7. The lowest BCUT2D eigenvalue weighted by atomic mass is 9.80. The minimum Gasteiger partial charge on any atom is -0.349 e. The van der Waals surface area contributed by atoms with Gasteiger partial charge in [0.25, 0.3) is 5.91 Å². The average molecular weight is 467 g/mol. The molecule has 3 atom stereocenters. The molecular weight excluding hydrogens is 428 g/mol. The highest BCUT2D eigenvalue weighted by Gasteiger charge is 2.62. The number of hydrogen-bond acceptors (Lipinski definition) is 4. The molecule has 1 aromatic carbocycles. The molecule has 1 N–H and O–H groups in total. The summed E-state index contributed by atoms with van der Waals surface area (Å²) < 4.78 is 0. The van der Waals surface area contributed by atoms with Crippen molar-refractivity contribution in [2.75, 3.05) is 13.6 Å². The number of carbonyl (C=O) groups excluding carboxylic acids is 3. The van der Waals surface area contributed by atoms with Gasteiger partial charge in [0.2, 0.25) is 5.91 Å². The second kappa shape index (κ2) is 8.99. The molecule has 2 unspecified atom stereocenters. The molecule has 0 radical (unpaired) electrons. The highest BCUT2D eigenvalue weighted by molar-refractivity contribution is 6.07. The molecule has 1 spiro atoms. The third-order valence-electron chi connectivity index (χ3n) is 8.76. The van der Waals surface area contributed by atoms with Crippen LogP contribution in [0.1, 0.15) is 76.8 Å². The molecule has 0 aromatic heterocycles. The molecular formula is C27H38N4O3. The minimum absolute atomic E-state index is 0.00225. The second-order valence-corrected chi connectivity index (χ2v) is 11.1. The largest absolute Gasteiger partial charge is 0.349 e. The Kier molecular flexibility index (Phi) is 6.17. The SMILES string of the molecule is CC(C)N1C(=O)N(C)C(=O)C12CC1CCC(C2)N1CC[C@H](NC(=O)C1CCC1)c1ccccc1. The van der Waals surface area contributed by atoms with E-state index in [1.54, 1.807) is 7.05 Å². The number of piperidine rings is 1. The van der Waals surface area contributed by atoms with Gasteiger partial charge < -0.3 is 10.2 Å². The summed E-state index contributed by atoms with van der Waals surface area (Å²) in [6.45, 7) is 4.90. The third-order valence-corrected chi connectivity index (χ3v) is 8.76. The van der Waals surface area contributed by atoms with E-state index in [2.05, 4.69) is 22.3 Å². The Bertz CT molecular complexity index is 930. The van der Waals surface area contributed by atoms with Gasteiger partial charge in [-0.25, -0.2) is 4.79 Å². The van der Waals surface area contributed by atoms with Crippen molar-refractivity contribution in [3.8, 4) is 0 Å². The number of imide groups is 1. The van der Waals surface area contributed by atoms with E-state index in [-0.39, 0.29) is 35.8 Å². The minimum atomic E-state index is -0.695. The van der Waals surface area contributed by atoms with Crippen LogP contribution in [-0.4, -0.2) is 69.8 Å². The Balaban J connectivity index is 1.30. The van der Waals surface area contributed by atoms with Crippen molar-refractivity contribution in [2.24, 2.45) is 5.92 Å². The van der Waals surface area contributed by atoms with Crippen LogP contribution < -0.4 is 5.32 Å². The summed E-state index contributed by atoms with van der Waals surface area (Å²) in [5.41, 5.74) is 0.458. The van der Waals surface area contributed by atoms with E-state index >= 15 is 0 Å². The number of fused-ring (bicyclic) bond motifs is 2. The highest BCUT2D eigenvalue weighted by atomic mass is 16.2. The number of nitrogens with zero attached hydrogens (tertiary/aromatic N) is 3. The van der Waals surface area contributed by atoms with Gasteiger partial charge in [0.15, 0.2) is 0 Å². The van der Waals surface area contributed by atoms with E-state index in [0.29, 0.717) is 24.9 Å². The Morgan fingerprint density at radius 3 is 2.26 bits per heavy atom. The van der Waals surface area contributed by atoms with E-state index < -0.39 is 5.54 Å². The summed E-state index contributed by atoms with van der Waals surface area (Å²) >= 11 is 0. The lowest BCUT2D eigenvalue weighted by molar-refractivity contribution is -0.137. The van der Waals surface area contributed by atoms with Gasteiger partial charge in [-0.2, -0.15) is 0 Å². The number of benzene rings is 1. The number of carbonyl (C=O) groups is 3. The van der Waals surface area contributed by atoms with Gasteiger partial charge in [-0.05, 0) is 64.4 Å². The predicted molar refractivity (Wildman–Crippen MR) is 130 cm³/mol. The molecule has 4 fully saturated rings. The van der Waals surface area contributed by atoms with Gasteiger partial charge in [-0.1, -0.05) is 36.8 Å². The first-order valence-electron chi connectivity index (χ1n) is 13.0. The number of nitrogens with one attached hydrogen (secondary N) is 1. The van der Waals surface area contributed by atoms with Gasteiger partial charge >= 0.3 is 6.03 Å². The summed E-state index contributed by atoms with van der Waals surface area (Å²) in [7, 11) is 1.62. The van der Waals surface area contributed by atoms with Gasteiger partial charge in [-0.15, -0.1) is 0 Å². The first-order chi connectivity index (χ1) is 16.3. The smallest absolute Gasteiger partial charge is 0.327 e. The molecule has 184 valence electrons. The predicted octanol–water partition coefficient (Wildman–Crippen LogP) is 3.70. The Morgan fingerprint density at radius 2 is 1.71 bits per heavy atom. The monoisotopic (exact) mass is 466 g/mol. The average Bonchev–Trinajstić information content (AvgIpc) is 3.12. The van der Waals surface area contributed by atoms with Gasteiger partial charge in [0, 0.05) is 37.6 Å². The van der Waals surface area contributed by atoms with E-state index in [0.717, 1.165) is 50.6 Å². The number of amides is 4. The zero-order chi connectivity index (χ0) is 24.0. The van der Waals surface area contributed by atoms with Crippen molar-refractivity contribution in [3.63, 3.8) is 0 Å². The highest BCUT2D eigenvalue weighted by Crippen LogP contribution is 2.48. The van der Waals surface area contributed by atoms with E-state index in [9.17, 15) is 14.4 Å². The molecule has 1 aliphatic carbocycles. The van der Waals surface area contributed by atoms with Crippen LogP contribution >= 0.6 is 0 Å². The number of hydrogen-bond donors (Lipinski definition) is 1. The molecule has 3 aliphatic heterocycles. The van der Waals surface area contributed by atoms with E-state index in [1.165, 1.54) is 4.90 Å². The van der Waals surface area contributed by atoms with Crippen LogP contribution in [0.15, 0.2) is 30.3 Å². The Hall–Kier alpha value is -2.41. The molecule has 3 heterocycles. The third kappa shape index (κ3) is 3.82. The van der Waals surface area contributed by atoms with E-state index in [1.807, 2.05) is 36.9 Å². The lowest BCUT2D eigenvalue weighted by Gasteiger charge is -2.48. The fourth-order valence-corrected chi connectivity index (χ4v) is 6.86. The van der Waals surface area contributed by atoms with Gasteiger partial charge in [0.05, 0.1) is 6.04 Å². The van der Waals surface area contributed by atoms with E-state index in [4.69, 9.17) is 0 Å². The number of urea groups is 1. The van der Waals surface area contributed by atoms with Crippen molar-refractivity contribution < 1.29 is 14.4 Å². The molecule has 7 nitrogen and oxygen atoms in total. The van der Waals surface area contributed by atoms with Crippen LogP contribution in [0.5, 0.6) is 0 Å². The fourth-order valence-electron chi connectivity index (χ4n) is 6.86. The van der Waals surface area contributed by atoms with Crippen molar-refractivity contribution in [1.29, 1.82) is 0 Å². The van der Waals surface area contributed by atoms with Crippen molar-refractivity contribution in [2.45, 2.75) is 94.9 Å². The Morgan fingerprint density at radius 1 is 1.06 bits per heavy atom. The fraction of sp³-hybridized carbons (Fsp3) is 0.667. The molecule has 34 heavy (non-hydrogen) atoms. The molecule has 7 heteroatoms. The Labute approximate surface area is 202 Å². The molecule has 1 saturated carbocycles. The summed E-state index contributed by atoms with van der Waals surface area (Å²) in [5, 5.41) is 3.33. The maximum absolute atomic E-state index is 13.3. The molecule has 5 rings (SSSR count). The molecule has 4 amide bonds. The van der Waals surface area contributed by atoms with Crippen LogP contribution in [0.3, 0.4) is 0 Å². The summed E-state index contributed by atoms with van der Waals surface area (Å²) in [5.74, 6) is 0.325. The van der Waals surface area contributed by atoms with Crippen LogP contribution in [-0.2, 0) is 9.59 Å². The van der Waals surface area contributed by atoms with Crippen LogP contribution in [0.25, 0.3) is 0 Å². The molecule has 2 bridgehead atoms. The van der Waals surface area contributed by atoms with Crippen LogP contribution in [0, 0.1) is 5.92 Å². The zero-order valence-electron chi connectivity index (χ0n) is 20.7. The van der Waals surface area contributed by atoms with Crippen LogP contribution in [0.4, 0.5) is 4.79 Å². The van der Waals surface area contributed by atoms with Crippen molar-refractivity contribution in [3.05, 3.63) is 35.9 Å². The van der Waals surface area contributed by atoms with Gasteiger partial charge in [0.1, 0.15) is 5.54 Å². The zero-order valence-corrected chi connectivity index (χ0v) is 20.7. The molecule has 1 aromatic rings. The number of likely N-dealkylation sites (N-methyl/N-ethyl adjacent to an activating group) is 1. The standard InChI is InChI=1S/C27H38N4O3/c1-18(2)31-26(34)29(3)25(33)27(31)16-21-12-13-22(17-27)30(21)15-14-23(19-8-5-4-6-9-19)28-24(32)20-10-7-11-20/h4-6,8-9,18,20-23H,7,10-17H2,1-3H3,(H,28,32)/t21?,22?,23-,27?/m0/s1. The van der Waals surface area contributed by atoms with Crippen molar-refractivity contribution in [1.82, 2.24) is 20.0 Å². The summed E-state index contributed by atoms with van der Waals surface area (Å²) in [6, 6.07) is 10.7. The first kappa shape index (κ1) is 23.3. The van der Waals surface area contributed by atoms with Crippen LogP contribution in [0.2, 0.25) is 0 Å².